The molecule has 0 aliphatic rings. The average molecular weight is 361 g/mol. The third-order valence-corrected chi connectivity index (χ3v) is 3.47. The molecule has 7 nitrogen and oxygen atoms in total. The standard InChI is InChI=1S/C17H17ClN4O3/c18-13-5-1-11(2-6-13)15(23)20-9-10-21-16(24)12-3-7-14(8-4-12)22-17(19)25/h1-8H,9-10H2,(H,20,23)(H,21,24)(H3,19,22,25). The second-order valence-corrected chi connectivity index (χ2v) is 5.52. The van der Waals surface area contributed by atoms with Gasteiger partial charge in [-0.3, -0.25) is 9.59 Å². The summed E-state index contributed by atoms with van der Waals surface area (Å²) in [5, 5.41) is 8.35. The molecule has 0 spiro atoms. The van der Waals surface area contributed by atoms with Crippen molar-refractivity contribution in [3.05, 3.63) is 64.7 Å². The first-order valence-electron chi connectivity index (χ1n) is 7.44. The van der Waals surface area contributed by atoms with Crippen molar-refractivity contribution in [3.63, 3.8) is 0 Å². The van der Waals surface area contributed by atoms with E-state index in [-0.39, 0.29) is 24.9 Å². The molecular weight excluding hydrogens is 344 g/mol. The quantitative estimate of drug-likeness (QED) is 0.591. The smallest absolute Gasteiger partial charge is 0.316 e. The Labute approximate surface area is 149 Å². The molecule has 4 amide bonds. The van der Waals surface area contributed by atoms with Gasteiger partial charge in [-0.1, -0.05) is 11.6 Å². The fraction of sp³-hybridized carbons (Fsp3) is 0.118. The summed E-state index contributed by atoms with van der Waals surface area (Å²) in [6.07, 6.45) is 0. The average Bonchev–Trinajstić information content (AvgIpc) is 2.59. The van der Waals surface area contributed by atoms with Crippen LogP contribution in [0.3, 0.4) is 0 Å². The lowest BCUT2D eigenvalue weighted by molar-refractivity contribution is 0.0927. The largest absolute Gasteiger partial charge is 0.351 e. The Bertz CT molecular complexity index is 760. The second kappa shape index (κ2) is 8.70. The molecule has 0 aliphatic carbocycles. The van der Waals surface area contributed by atoms with Gasteiger partial charge < -0.3 is 21.7 Å². The Hall–Kier alpha value is -3.06. The fourth-order valence-electron chi connectivity index (χ4n) is 2.00. The molecule has 0 atom stereocenters. The molecule has 0 radical (unpaired) electrons. The number of urea groups is 1. The van der Waals surface area contributed by atoms with Gasteiger partial charge in [0.15, 0.2) is 0 Å². The number of carbonyl (C=O) groups excluding carboxylic acids is 3. The zero-order chi connectivity index (χ0) is 18.2. The highest BCUT2D eigenvalue weighted by atomic mass is 35.5. The fourth-order valence-corrected chi connectivity index (χ4v) is 2.13. The van der Waals surface area contributed by atoms with Gasteiger partial charge in [-0.15, -0.1) is 0 Å². The van der Waals surface area contributed by atoms with E-state index in [2.05, 4.69) is 16.0 Å². The van der Waals surface area contributed by atoms with Gasteiger partial charge in [0.1, 0.15) is 0 Å². The lowest BCUT2D eigenvalue weighted by atomic mass is 10.2. The minimum Gasteiger partial charge on any atom is -0.351 e. The van der Waals surface area contributed by atoms with Crippen molar-refractivity contribution in [1.82, 2.24) is 10.6 Å². The maximum atomic E-state index is 12.0. The van der Waals surface area contributed by atoms with Crippen molar-refractivity contribution in [1.29, 1.82) is 0 Å². The molecule has 2 rings (SSSR count). The van der Waals surface area contributed by atoms with Gasteiger partial charge >= 0.3 is 6.03 Å². The van der Waals surface area contributed by atoms with Crippen LogP contribution >= 0.6 is 11.6 Å². The number of amides is 4. The number of benzene rings is 2. The summed E-state index contributed by atoms with van der Waals surface area (Å²) in [7, 11) is 0. The lowest BCUT2D eigenvalue weighted by Crippen LogP contribution is -2.34. The van der Waals surface area contributed by atoms with E-state index in [1.807, 2.05) is 0 Å². The highest BCUT2D eigenvalue weighted by Gasteiger charge is 2.07. The molecule has 2 aromatic rings. The van der Waals surface area contributed by atoms with Crippen molar-refractivity contribution in [2.45, 2.75) is 0 Å². The Morgan fingerprint density at radius 1 is 0.800 bits per heavy atom. The third-order valence-electron chi connectivity index (χ3n) is 3.22. The van der Waals surface area contributed by atoms with Gasteiger partial charge in [0.2, 0.25) is 0 Å². The van der Waals surface area contributed by atoms with Crippen LogP contribution in [-0.4, -0.2) is 30.9 Å². The second-order valence-electron chi connectivity index (χ2n) is 5.09. The van der Waals surface area contributed by atoms with Crippen LogP contribution < -0.4 is 21.7 Å². The number of rotatable bonds is 6. The van der Waals surface area contributed by atoms with E-state index < -0.39 is 6.03 Å². The van der Waals surface area contributed by atoms with E-state index in [0.29, 0.717) is 21.8 Å². The van der Waals surface area contributed by atoms with Gasteiger partial charge in [0, 0.05) is 34.9 Å². The number of nitrogens with one attached hydrogen (secondary N) is 3. The summed E-state index contributed by atoms with van der Waals surface area (Å²) >= 11 is 5.76. The van der Waals surface area contributed by atoms with Crippen molar-refractivity contribution in [2.75, 3.05) is 18.4 Å². The summed E-state index contributed by atoms with van der Waals surface area (Å²) < 4.78 is 0. The van der Waals surface area contributed by atoms with Gasteiger partial charge in [-0.2, -0.15) is 0 Å². The van der Waals surface area contributed by atoms with E-state index in [4.69, 9.17) is 17.3 Å². The normalized spacial score (nSPS) is 9.96. The first-order chi connectivity index (χ1) is 12.0. The van der Waals surface area contributed by atoms with Gasteiger partial charge in [-0.25, -0.2) is 4.79 Å². The van der Waals surface area contributed by atoms with E-state index >= 15 is 0 Å². The molecule has 5 N–H and O–H groups in total. The van der Waals surface area contributed by atoms with Crippen LogP contribution in [0, 0.1) is 0 Å². The van der Waals surface area contributed by atoms with Crippen molar-refractivity contribution in [3.8, 4) is 0 Å². The number of primary amides is 1. The summed E-state index contributed by atoms with van der Waals surface area (Å²) in [6, 6.07) is 12.1. The Balaban J connectivity index is 1.75. The number of nitrogens with two attached hydrogens (primary N) is 1. The van der Waals surface area contributed by atoms with Gasteiger partial charge in [0.05, 0.1) is 0 Å². The maximum absolute atomic E-state index is 12.0. The van der Waals surface area contributed by atoms with Crippen LogP contribution in [0.5, 0.6) is 0 Å². The molecule has 0 bridgehead atoms. The number of carbonyl (C=O) groups is 3. The van der Waals surface area contributed by atoms with Crippen molar-refractivity contribution >= 4 is 35.1 Å². The van der Waals surface area contributed by atoms with E-state index in [1.165, 1.54) is 0 Å². The highest BCUT2D eigenvalue weighted by molar-refractivity contribution is 6.30. The molecule has 8 heteroatoms. The van der Waals surface area contributed by atoms with Crippen LogP contribution in [0.1, 0.15) is 20.7 Å². The zero-order valence-electron chi connectivity index (χ0n) is 13.2. The Morgan fingerprint density at radius 3 is 1.68 bits per heavy atom. The molecule has 0 saturated carbocycles. The predicted molar refractivity (Wildman–Crippen MR) is 95.8 cm³/mol. The molecular formula is C17H17ClN4O3. The highest BCUT2D eigenvalue weighted by Crippen LogP contribution is 2.10. The van der Waals surface area contributed by atoms with Gasteiger partial charge in [-0.05, 0) is 48.5 Å². The molecule has 0 fully saturated rings. The summed E-state index contributed by atoms with van der Waals surface area (Å²) in [5.41, 5.74) is 6.43. The Kier molecular flexibility index (Phi) is 6.36. The first kappa shape index (κ1) is 18.3. The Morgan fingerprint density at radius 2 is 1.24 bits per heavy atom. The maximum Gasteiger partial charge on any atom is 0.316 e. The zero-order valence-corrected chi connectivity index (χ0v) is 14.0. The molecule has 2 aromatic carbocycles. The van der Waals surface area contributed by atoms with Crippen LogP contribution in [-0.2, 0) is 0 Å². The number of anilines is 1. The SMILES string of the molecule is NC(=O)Nc1ccc(C(=O)NCCNC(=O)c2ccc(Cl)cc2)cc1. The number of halogens is 1. The van der Waals surface area contributed by atoms with Crippen LogP contribution in [0.25, 0.3) is 0 Å². The predicted octanol–water partition coefficient (Wildman–Crippen LogP) is 1.99. The molecule has 0 saturated heterocycles. The van der Waals surface area contributed by atoms with Crippen LogP contribution in [0.4, 0.5) is 10.5 Å². The van der Waals surface area contributed by atoms with E-state index in [9.17, 15) is 14.4 Å². The summed E-state index contributed by atoms with van der Waals surface area (Å²) in [6.45, 7) is 0.563. The topological polar surface area (TPSA) is 113 Å². The molecule has 0 aliphatic heterocycles. The van der Waals surface area contributed by atoms with E-state index in [0.717, 1.165) is 0 Å². The lowest BCUT2D eigenvalue weighted by Gasteiger charge is -2.08. The van der Waals surface area contributed by atoms with Crippen LogP contribution in [0.15, 0.2) is 48.5 Å². The first-order valence-corrected chi connectivity index (χ1v) is 7.82. The molecule has 130 valence electrons. The molecule has 25 heavy (non-hydrogen) atoms. The monoisotopic (exact) mass is 360 g/mol. The van der Waals surface area contributed by atoms with E-state index in [1.54, 1.807) is 48.5 Å². The van der Waals surface area contributed by atoms with Gasteiger partial charge in [0.25, 0.3) is 11.8 Å². The van der Waals surface area contributed by atoms with Crippen LogP contribution in [0.2, 0.25) is 5.02 Å². The minimum atomic E-state index is -0.673. The molecule has 0 unspecified atom stereocenters. The third kappa shape index (κ3) is 5.82. The van der Waals surface area contributed by atoms with Crippen molar-refractivity contribution < 1.29 is 14.4 Å². The summed E-state index contributed by atoms with van der Waals surface area (Å²) in [5.74, 6) is -0.529. The minimum absolute atomic E-state index is 0.243. The van der Waals surface area contributed by atoms with Crippen molar-refractivity contribution in [2.24, 2.45) is 5.73 Å². The molecule has 0 aromatic heterocycles. The number of hydrogen-bond acceptors (Lipinski definition) is 3. The summed E-state index contributed by atoms with van der Waals surface area (Å²) in [4.78, 5) is 34.6. The molecule has 0 heterocycles. The number of hydrogen-bond donors (Lipinski definition) is 4.